The molecule has 0 saturated carbocycles. The number of hydrogen-bond acceptors (Lipinski definition) is 3. The Morgan fingerprint density at radius 3 is 2.65 bits per heavy atom. The lowest BCUT2D eigenvalue weighted by molar-refractivity contribution is -0.138. The topological polar surface area (TPSA) is 46.5 Å². The molecule has 1 aromatic rings. The van der Waals surface area contributed by atoms with Gasteiger partial charge in [-0.25, -0.2) is 4.79 Å². The summed E-state index contributed by atoms with van der Waals surface area (Å²) in [5.74, 6) is 0.265. The van der Waals surface area contributed by atoms with E-state index in [9.17, 15) is 4.79 Å². The van der Waals surface area contributed by atoms with Crippen LogP contribution in [0.4, 0.5) is 0 Å². The first-order valence-electron chi connectivity index (χ1n) is 5.75. The van der Waals surface area contributed by atoms with E-state index in [0.717, 1.165) is 12.0 Å². The van der Waals surface area contributed by atoms with Crippen LogP contribution in [0.15, 0.2) is 30.3 Å². The second kappa shape index (κ2) is 6.74. The second-order valence-corrected chi connectivity index (χ2v) is 4.07. The standard InChI is InChI=1S/C14H18O3/c1-3-11(2)10-17-14(16)9-6-12-4-7-13(15)8-5-12/h4-9,11,15H,3,10H2,1-2H3/t11-/m0/s1. The fourth-order valence-electron chi connectivity index (χ4n) is 1.14. The maximum absolute atomic E-state index is 11.3. The summed E-state index contributed by atoms with van der Waals surface area (Å²) in [7, 11) is 0. The van der Waals surface area contributed by atoms with Crippen molar-refractivity contribution >= 4 is 12.0 Å². The van der Waals surface area contributed by atoms with Gasteiger partial charge in [0.05, 0.1) is 6.61 Å². The third-order valence-corrected chi connectivity index (χ3v) is 2.51. The van der Waals surface area contributed by atoms with Crippen LogP contribution in [0.3, 0.4) is 0 Å². The molecule has 1 rings (SSSR count). The molecule has 0 spiro atoms. The van der Waals surface area contributed by atoms with Crippen molar-refractivity contribution in [2.24, 2.45) is 5.92 Å². The summed E-state index contributed by atoms with van der Waals surface area (Å²) < 4.78 is 5.07. The number of phenols is 1. The van der Waals surface area contributed by atoms with Gasteiger partial charge in [-0.2, -0.15) is 0 Å². The molecule has 1 atom stereocenters. The first kappa shape index (κ1) is 13.3. The predicted molar refractivity (Wildman–Crippen MR) is 67.6 cm³/mol. The Hall–Kier alpha value is -1.77. The van der Waals surface area contributed by atoms with Crippen molar-refractivity contribution in [1.29, 1.82) is 0 Å². The number of hydrogen-bond donors (Lipinski definition) is 1. The third-order valence-electron chi connectivity index (χ3n) is 2.51. The summed E-state index contributed by atoms with van der Waals surface area (Å²) in [5.41, 5.74) is 0.850. The van der Waals surface area contributed by atoms with Crippen molar-refractivity contribution in [3.63, 3.8) is 0 Å². The number of carbonyl (C=O) groups excluding carboxylic acids is 1. The van der Waals surface area contributed by atoms with Crippen LogP contribution < -0.4 is 0 Å². The van der Waals surface area contributed by atoms with E-state index < -0.39 is 0 Å². The number of phenolic OH excluding ortho intramolecular Hbond substituents is 1. The van der Waals surface area contributed by atoms with E-state index in [0.29, 0.717) is 12.5 Å². The van der Waals surface area contributed by atoms with E-state index in [1.54, 1.807) is 30.3 Å². The van der Waals surface area contributed by atoms with Crippen LogP contribution >= 0.6 is 0 Å². The van der Waals surface area contributed by atoms with Crippen molar-refractivity contribution in [2.75, 3.05) is 6.61 Å². The van der Waals surface area contributed by atoms with E-state index in [1.807, 2.05) is 6.92 Å². The van der Waals surface area contributed by atoms with E-state index in [1.165, 1.54) is 6.08 Å². The number of esters is 1. The molecule has 0 aliphatic rings. The van der Waals surface area contributed by atoms with Gasteiger partial charge < -0.3 is 9.84 Å². The molecule has 92 valence electrons. The molecule has 0 heterocycles. The summed E-state index contributed by atoms with van der Waals surface area (Å²) in [6, 6.07) is 6.61. The quantitative estimate of drug-likeness (QED) is 0.629. The van der Waals surface area contributed by atoms with Gasteiger partial charge in [0.2, 0.25) is 0 Å². The Labute approximate surface area is 102 Å². The highest BCUT2D eigenvalue weighted by atomic mass is 16.5. The van der Waals surface area contributed by atoms with Crippen LogP contribution in [0, 0.1) is 5.92 Å². The fraction of sp³-hybridized carbons (Fsp3) is 0.357. The van der Waals surface area contributed by atoms with Crippen LogP contribution in [-0.4, -0.2) is 17.7 Å². The van der Waals surface area contributed by atoms with Crippen molar-refractivity contribution in [1.82, 2.24) is 0 Å². The molecule has 0 aliphatic carbocycles. The SMILES string of the molecule is CC[C@H](C)COC(=O)C=Cc1ccc(O)cc1. The van der Waals surface area contributed by atoms with Crippen LogP contribution in [-0.2, 0) is 9.53 Å². The van der Waals surface area contributed by atoms with Gasteiger partial charge in [-0.05, 0) is 29.7 Å². The number of aromatic hydroxyl groups is 1. The van der Waals surface area contributed by atoms with Gasteiger partial charge in [-0.1, -0.05) is 32.4 Å². The maximum Gasteiger partial charge on any atom is 0.330 e. The van der Waals surface area contributed by atoms with Gasteiger partial charge in [0.1, 0.15) is 5.75 Å². The first-order valence-corrected chi connectivity index (χ1v) is 5.75. The Balaban J connectivity index is 2.42. The minimum atomic E-state index is -0.335. The molecule has 0 amide bonds. The molecule has 0 bridgehead atoms. The lowest BCUT2D eigenvalue weighted by Gasteiger charge is -2.07. The summed E-state index contributed by atoms with van der Waals surface area (Å²) in [4.78, 5) is 11.3. The molecule has 0 fully saturated rings. The molecule has 1 N–H and O–H groups in total. The van der Waals surface area contributed by atoms with E-state index in [-0.39, 0.29) is 11.7 Å². The maximum atomic E-state index is 11.3. The van der Waals surface area contributed by atoms with E-state index in [2.05, 4.69) is 6.92 Å². The summed E-state index contributed by atoms with van der Waals surface area (Å²) in [6.07, 6.45) is 4.06. The van der Waals surface area contributed by atoms with Gasteiger partial charge in [0, 0.05) is 6.08 Å². The Kier molecular flexibility index (Phi) is 5.27. The second-order valence-electron chi connectivity index (χ2n) is 4.07. The number of benzene rings is 1. The van der Waals surface area contributed by atoms with Gasteiger partial charge in [0.25, 0.3) is 0 Å². The van der Waals surface area contributed by atoms with Gasteiger partial charge in [-0.15, -0.1) is 0 Å². The van der Waals surface area contributed by atoms with Crippen LogP contribution in [0.2, 0.25) is 0 Å². The molecule has 3 nitrogen and oxygen atoms in total. The normalized spacial score (nSPS) is 12.6. The number of ether oxygens (including phenoxy) is 1. The van der Waals surface area contributed by atoms with Crippen molar-refractivity contribution < 1.29 is 14.6 Å². The summed E-state index contributed by atoms with van der Waals surface area (Å²) in [5, 5.41) is 9.09. The summed E-state index contributed by atoms with van der Waals surface area (Å²) in [6.45, 7) is 4.55. The highest BCUT2D eigenvalue weighted by molar-refractivity contribution is 5.87. The zero-order chi connectivity index (χ0) is 12.7. The first-order chi connectivity index (χ1) is 8.11. The molecule has 1 aromatic carbocycles. The molecule has 0 saturated heterocycles. The van der Waals surface area contributed by atoms with E-state index in [4.69, 9.17) is 9.84 Å². The predicted octanol–water partition coefficient (Wildman–Crippen LogP) is 2.99. The average Bonchev–Trinajstić information content (AvgIpc) is 2.35. The molecule has 17 heavy (non-hydrogen) atoms. The van der Waals surface area contributed by atoms with Gasteiger partial charge in [-0.3, -0.25) is 0 Å². The Bertz CT molecular complexity index is 379. The smallest absolute Gasteiger partial charge is 0.330 e. The Morgan fingerprint density at radius 2 is 2.06 bits per heavy atom. The molecule has 0 radical (unpaired) electrons. The van der Waals surface area contributed by atoms with Crippen LogP contribution in [0.25, 0.3) is 6.08 Å². The molecule has 0 aliphatic heterocycles. The highest BCUT2D eigenvalue weighted by Gasteiger charge is 2.02. The molecule has 0 unspecified atom stereocenters. The highest BCUT2D eigenvalue weighted by Crippen LogP contribution is 2.10. The van der Waals surface area contributed by atoms with E-state index >= 15 is 0 Å². The third kappa shape index (κ3) is 5.20. The van der Waals surface area contributed by atoms with Crippen molar-refractivity contribution in [3.8, 4) is 5.75 Å². The monoisotopic (exact) mass is 234 g/mol. The minimum Gasteiger partial charge on any atom is -0.508 e. The lowest BCUT2D eigenvalue weighted by Crippen LogP contribution is -2.08. The van der Waals surface area contributed by atoms with Crippen LogP contribution in [0.1, 0.15) is 25.8 Å². The largest absolute Gasteiger partial charge is 0.508 e. The van der Waals surface area contributed by atoms with Crippen LogP contribution in [0.5, 0.6) is 5.75 Å². The number of rotatable bonds is 5. The molecule has 3 heteroatoms. The van der Waals surface area contributed by atoms with Crippen molar-refractivity contribution in [3.05, 3.63) is 35.9 Å². The minimum absolute atomic E-state index is 0.210. The van der Waals surface area contributed by atoms with Crippen molar-refractivity contribution in [2.45, 2.75) is 20.3 Å². The zero-order valence-corrected chi connectivity index (χ0v) is 10.2. The average molecular weight is 234 g/mol. The molecular formula is C14H18O3. The van der Waals surface area contributed by atoms with Gasteiger partial charge >= 0.3 is 5.97 Å². The summed E-state index contributed by atoms with van der Waals surface area (Å²) >= 11 is 0. The Morgan fingerprint density at radius 1 is 1.41 bits per heavy atom. The molecule has 0 aromatic heterocycles. The fourth-order valence-corrected chi connectivity index (χ4v) is 1.14. The van der Waals surface area contributed by atoms with Gasteiger partial charge in [0.15, 0.2) is 0 Å². The molecular weight excluding hydrogens is 216 g/mol. The lowest BCUT2D eigenvalue weighted by atomic mass is 10.1. The zero-order valence-electron chi connectivity index (χ0n) is 10.2. The number of carbonyl (C=O) groups is 1.